The number of hydrogen-bond donors (Lipinski definition) is 2. The Kier molecular flexibility index (Phi) is 5.02. The van der Waals surface area contributed by atoms with Crippen molar-refractivity contribution in [2.45, 2.75) is 25.3 Å². The predicted octanol–water partition coefficient (Wildman–Crippen LogP) is 0.897. The molecule has 0 aromatic heterocycles. The molecule has 0 spiro atoms. The Morgan fingerprint density at radius 1 is 1.26 bits per heavy atom. The third-order valence-corrected chi connectivity index (χ3v) is 4.72. The van der Waals surface area contributed by atoms with Crippen LogP contribution in [0.1, 0.15) is 19.8 Å². The topological polar surface area (TPSA) is 114 Å². The predicted molar refractivity (Wildman–Crippen MR) is 94.0 cm³/mol. The molecule has 3 rings (SSSR count). The van der Waals surface area contributed by atoms with Gasteiger partial charge in [0.15, 0.2) is 6.61 Å². The van der Waals surface area contributed by atoms with E-state index in [2.05, 4.69) is 10.6 Å². The van der Waals surface area contributed by atoms with Gasteiger partial charge in [-0.05, 0) is 49.9 Å². The SMILES string of the molecule is COc1ccc(NC(=O)COC(=O)CN2C(=O)N[C@@](C)(C3CC3)C2=O)cc1. The molecule has 1 saturated heterocycles. The molecule has 1 atom stereocenters. The molecule has 1 aromatic rings. The summed E-state index contributed by atoms with van der Waals surface area (Å²) in [5.41, 5.74) is -0.436. The zero-order valence-corrected chi connectivity index (χ0v) is 15.1. The highest BCUT2D eigenvalue weighted by atomic mass is 16.5. The number of carbonyl (C=O) groups is 4. The summed E-state index contributed by atoms with van der Waals surface area (Å²) < 4.78 is 9.89. The lowest BCUT2D eigenvalue weighted by molar-refractivity contribution is -0.150. The average molecular weight is 375 g/mol. The van der Waals surface area contributed by atoms with E-state index in [1.807, 2.05) is 0 Å². The quantitative estimate of drug-likeness (QED) is 0.541. The number of rotatable bonds is 7. The van der Waals surface area contributed by atoms with Crippen molar-refractivity contribution in [1.29, 1.82) is 0 Å². The zero-order valence-electron chi connectivity index (χ0n) is 15.1. The molecule has 1 aromatic carbocycles. The number of hydrogen-bond acceptors (Lipinski definition) is 6. The van der Waals surface area contributed by atoms with Crippen molar-refractivity contribution >= 4 is 29.5 Å². The van der Waals surface area contributed by atoms with Crippen molar-refractivity contribution in [3.8, 4) is 5.75 Å². The normalized spacial score (nSPS) is 21.6. The molecule has 2 N–H and O–H groups in total. The van der Waals surface area contributed by atoms with Gasteiger partial charge in [0.25, 0.3) is 11.8 Å². The van der Waals surface area contributed by atoms with Crippen LogP contribution in [0.25, 0.3) is 0 Å². The van der Waals surface area contributed by atoms with E-state index < -0.39 is 42.5 Å². The number of benzene rings is 1. The van der Waals surface area contributed by atoms with Crippen molar-refractivity contribution in [2.75, 3.05) is 25.6 Å². The minimum atomic E-state index is -0.955. The molecule has 144 valence electrons. The molecule has 27 heavy (non-hydrogen) atoms. The lowest BCUT2D eigenvalue weighted by Crippen LogP contribution is -2.46. The zero-order chi connectivity index (χ0) is 19.6. The summed E-state index contributed by atoms with van der Waals surface area (Å²) in [5.74, 6) is -1.05. The lowest BCUT2D eigenvalue weighted by Gasteiger charge is -2.20. The Hall–Kier alpha value is -3.10. The number of nitrogens with zero attached hydrogens (tertiary/aromatic N) is 1. The van der Waals surface area contributed by atoms with Gasteiger partial charge in [0.1, 0.15) is 17.8 Å². The number of anilines is 1. The molecule has 1 aliphatic heterocycles. The largest absolute Gasteiger partial charge is 0.497 e. The first-order chi connectivity index (χ1) is 12.8. The first-order valence-electron chi connectivity index (χ1n) is 8.57. The van der Waals surface area contributed by atoms with Gasteiger partial charge in [-0.1, -0.05) is 0 Å². The fourth-order valence-corrected chi connectivity index (χ4v) is 2.99. The summed E-state index contributed by atoms with van der Waals surface area (Å²) >= 11 is 0. The Balaban J connectivity index is 1.47. The Labute approximate surface area is 156 Å². The van der Waals surface area contributed by atoms with Crippen LogP contribution in [0.3, 0.4) is 0 Å². The van der Waals surface area contributed by atoms with Gasteiger partial charge >= 0.3 is 12.0 Å². The second-order valence-corrected chi connectivity index (χ2v) is 6.74. The van der Waals surface area contributed by atoms with Gasteiger partial charge in [-0.2, -0.15) is 0 Å². The van der Waals surface area contributed by atoms with Crippen molar-refractivity contribution in [3.63, 3.8) is 0 Å². The number of carbonyl (C=O) groups excluding carboxylic acids is 4. The van der Waals surface area contributed by atoms with Crippen molar-refractivity contribution < 1.29 is 28.7 Å². The molecule has 2 aliphatic rings. The summed E-state index contributed by atoms with van der Waals surface area (Å²) in [6, 6.07) is 6.02. The van der Waals surface area contributed by atoms with E-state index in [4.69, 9.17) is 9.47 Å². The van der Waals surface area contributed by atoms with Gasteiger partial charge in [-0.25, -0.2) is 4.79 Å². The van der Waals surface area contributed by atoms with E-state index >= 15 is 0 Å². The maximum atomic E-state index is 12.4. The molecule has 2 fully saturated rings. The van der Waals surface area contributed by atoms with E-state index in [1.54, 1.807) is 31.2 Å². The molecule has 0 radical (unpaired) electrons. The second kappa shape index (κ2) is 7.26. The summed E-state index contributed by atoms with van der Waals surface area (Å²) in [6.07, 6.45) is 1.73. The molecule has 9 nitrogen and oxygen atoms in total. The Bertz CT molecular complexity index is 774. The third kappa shape index (κ3) is 4.02. The molecule has 9 heteroatoms. The highest BCUT2D eigenvalue weighted by Crippen LogP contribution is 2.42. The van der Waals surface area contributed by atoms with E-state index in [0.717, 1.165) is 17.7 Å². The number of esters is 1. The fraction of sp³-hybridized carbons (Fsp3) is 0.444. The van der Waals surface area contributed by atoms with Crippen molar-refractivity contribution in [1.82, 2.24) is 10.2 Å². The van der Waals surface area contributed by atoms with E-state index in [1.165, 1.54) is 7.11 Å². The summed E-state index contributed by atoms with van der Waals surface area (Å²) in [5, 5.41) is 5.21. The smallest absolute Gasteiger partial charge is 0.326 e. The van der Waals surface area contributed by atoms with Crippen LogP contribution in [0, 0.1) is 5.92 Å². The highest BCUT2D eigenvalue weighted by Gasteiger charge is 2.56. The first-order valence-corrected chi connectivity index (χ1v) is 8.57. The van der Waals surface area contributed by atoms with Gasteiger partial charge in [0.2, 0.25) is 0 Å². The van der Waals surface area contributed by atoms with Crippen LogP contribution in [0.15, 0.2) is 24.3 Å². The van der Waals surface area contributed by atoms with E-state index in [-0.39, 0.29) is 5.92 Å². The van der Waals surface area contributed by atoms with Crippen LogP contribution >= 0.6 is 0 Å². The van der Waals surface area contributed by atoms with Crippen molar-refractivity contribution in [3.05, 3.63) is 24.3 Å². The minimum Gasteiger partial charge on any atom is -0.497 e. The van der Waals surface area contributed by atoms with Crippen molar-refractivity contribution in [2.24, 2.45) is 5.92 Å². The van der Waals surface area contributed by atoms with Crippen LogP contribution in [-0.2, 0) is 19.1 Å². The molecule has 1 saturated carbocycles. The minimum absolute atomic E-state index is 0.102. The lowest BCUT2D eigenvalue weighted by atomic mass is 9.96. The third-order valence-electron chi connectivity index (χ3n) is 4.72. The second-order valence-electron chi connectivity index (χ2n) is 6.74. The molecular formula is C18H21N3O6. The monoisotopic (exact) mass is 375 g/mol. The maximum Gasteiger partial charge on any atom is 0.326 e. The molecule has 4 amide bonds. The van der Waals surface area contributed by atoms with Crippen LogP contribution in [0.5, 0.6) is 5.75 Å². The molecule has 0 unspecified atom stereocenters. The number of ether oxygens (including phenoxy) is 2. The summed E-state index contributed by atoms with van der Waals surface area (Å²) in [6.45, 7) is 0.621. The Morgan fingerprint density at radius 2 is 1.93 bits per heavy atom. The number of amides is 4. The van der Waals surface area contributed by atoms with Crippen LogP contribution < -0.4 is 15.4 Å². The van der Waals surface area contributed by atoms with E-state index in [9.17, 15) is 19.2 Å². The fourth-order valence-electron chi connectivity index (χ4n) is 2.99. The van der Waals surface area contributed by atoms with Gasteiger partial charge in [0, 0.05) is 5.69 Å². The number of nitrogens with one attached hydrogen (secondary N) is 2. The first kappa shape index (κ1) is 18.7. The van der Waals surface area contributed by atoms with Crippen LogP contribution in [-0.4, -0.2) is 54.5 Å². The molecule has 0 bridgehead atoms. The van der Waals surface area contributed by atoms with Gasteiger partial charge < -0.3 is 20.1 Å². The Morgan fingerprint density at radius 3 is 2.52 bits per heavy atom. The van der Waals surface area contributed by atoms with Crippen LogP contribution in [0.4, 0.5) is 10.5 Å². The molecular weight excluding hydrogens is 354 g/mol. The average Bonchev–Trinajstić information content (AvgIpc) is 3.47. The van der Waals surface area contributed by atoms with Gasteiger partial charge in [0.05, 0.1) is 7.11 Å². The van der Waals surface area contributed by atoms with Gasteiger partial charge in [-0.3, -0.25) is 19.3 Å². The maximum absolute atomic E-state index is 12.4. The number of imide groups is 1. The summed E-state index contributed by atoms with van der Waals surface area (Å²) in [4.78, 5) is 49.1. The highest BCUT2D eigenvalue weighted by molar-refractivity contribution is 6.09. The number of methoxy groups -OCH3 is 1. The van der Waals surface area contributed by atoms with Gasteiger partial charge in [-0.15, -0.1) is 0 Å². The van der Waals surface area contributed by atoms with E-state index in [0.29, 0.717) is 11.4 Å². The molecule has 1 heterocycles. The standard InChI is InChI=1S/C18H21N3O6/c1-18(11-3-4-11)16(24)21(17(25)20-18)9-15(23)27-10-14(22)19-12-5-7-13(26-2)8-6-12/h5-8,11H,3-4,9-10H2,1-2H3,(H,19,22)(H,20,25)/t18-/m0/s1. The van der Waals surface area contributed by atoms with Crippen LogP contribution in [0.2, 0.25) is 0 Å². The summed E-state index contributed by atoms with van der Waals surface area (Å²) in [7, 11) is 1.53. The number of urea groups is 1. The molecule has 1 aliphatic carbocycles.